The number of carbonyl (C=O) groups is 1. The Balaban J connectivity index is 1.86. The number of hydrogen-bond acceptors (Lipinski definition) is 5. The van der Waals surface area contributed by atoms with Crippen LogP contribution in [0.25, 0.3) is 5.65 Å². The molecule has 0 aliphatic rings. The highest BCUT2D eigenvalue weighted by Crippen LogP contribution is 2.29. The summed E-state index contributed by atoms with van der Waals surface area (Å²) in [7, 11) is -1.11. The second-order valence-electron chi connectivity index (χ2n) is 6.37. The molecule has 1 amide bonds. The average Bonchev–Trinajstić information content (AvgIpc) is 3.07. The molecular formula is C17H15ClF3N5O3S. The second-order valence-corrected chi connectivity index (χ2v) is 8.93. The first-order valence-corrected chi connectivity index (χ1v) is 10.1. The molecule has 13 heteroatoms. The van der Waals surface area contributed by atoms with Crippen LogP contribution in [0.4, 0.5) is 13.2 Å². The molecule has 0 aliphatic carbocycles. The molecule has 3 rings (SSSR count). The number of benzene rings is 1. The van der Waals surface area contributed by atoms with Gasteiger partial charge >= 0.3 is 6.18 Å². The Kier molecular flexibility index (Phi) is 5.76. The molecule has 2 aromatic heterocycles. The van der Waals surface area contributed by atoms with Gasteiger partial charge in [-0.2, -0.15) is 13.2 Å². The van der Waals surface area contributed by atoms with E-state index in [2.05, 4.69) is 15.5 Å². The first kappa shape index (κ1) is 22.0. The predicted octanol–water partition coefficient (Wildman–Crippen LogP) is 2.58. The number of rotatable bonds is 5. The lowest BCUT2D eigenvalue weighted by Gasteiger charge is -2.13. The van der Waals surface area contributed by atoms with Crippen molar-refractivity contribution in [2.45, 2.75) is 17.6 Å². The Hall–Kier alpha value is -2.70. The van der Waals surface area contributed by atoms with Crippen LogP contribution in [0.2, 0.25) is 5.02 Å². The van der Waals surface area contributed by atoms with Gasteiger partial charge in [0.15, 0.2) is 11.5 Å². The minimum Gasteiger partial charge on any atom is -0.345 e. The Morgan fingerprint density at radius 1 is 1.20 bits per heavy atom. The third-order valence-electron chi connectivity index (χ3n) is 4.17. The molecule has 1 aromatic carbocycles. The number of nitrogens with zero attached hydrogens (tertiary/aromatic N) is 4. The molecule has 0 bridgehead atoms. The largest absolute Gasteiger partial charge is 0.417 e. The Morgan fingerprint density at radius 2 is 1.90 bits per heavy atom. The molecule has 0 atom stereocenters. The monoisotopic (exact) mass is 461 g/mol. The van der Waals surface area contributed by atoms with Crippen LogP contribution in [-0.4, -0.2) is 47.3 Å². The van der Waals surface area contributed by atoms with E-state index in [1.165, 1.54) is 26.2 Å². The normalized spacial score (nSPS) is 12.5. The minimum atomic E-state index is -4.55. The summed E-state index contributed by atoms with van der Waals surface area (Å²) in [6.45, 7) is -0.262. The van der Waals surface area contributed by atoms with E-state index in [1.807, 2.05) is 0 Å². The van der Waals surface area contributed by atoms with Crippen LogP contribution < -0.4 is 5.32 Å². The van der Waals surface area contributed by atoms with Crippen molar-refractivity contribution in [3.63, 3.8) is 0 Å². The number of pyridine rings is 1. The van der Waals surface area contributed by atoms with Gasteiger partial charge in [-0.15, -0.1) is 10.2 Å². The lowest BCUT2D eigenvalue weighted by molar-refractivity contribution is -0.137. The van der Waals surface area contributed by atoms with E-state index in [0.29, 0.717) is 0 Å². The van der Waals surface area contributed by atoms with Crippen LogP contribution in [-0.2, 0) is 22.7 Å². The number of halogens is 4. The summed E-state index contributed by atoms with van der Waals surface area (Å²) in [6, 6.07) is 5.70. The van der Waals surface area contributed by atoms with Gasteiger partial charge in [0, 0.05) is 20.3 Å². The van der Waals surface area contributed by atoms with E-state index in [9.17, 15) is 26.4 Å². The van der Waals surface area contributed by atoms with Crippen LogP contribution in [0, 0.1) is 0 Å². The molecule has 160 valence electrons. The fourth-order valence-electron chi connectivity index (χ4n) is 2.53. The molecule has 0 unspecified atom stereocenters. The molecule has 8 nitrogen and oxygen atoms in total. The second kappa shape index (κ2) is 7.85. The van der Waals surface area contributed by atoms with Gasteiger partial charge < -0.3 is 5.32 Å². The fourth-order valence-corrected chi connectivity index (χ4v) is 3.66. The van der Waals surface area contributed by atoms with Crippen LogP contribution in [0.1, 0.15) is 21.7 Å². The number of sulfonamides is 1. The van der Waals surface area contributed by atoms with Crippen molar-refractivity contribution in [3.05, 3.63) is 58.5 Å². The lowest BCUT2D eigenvalue weighted by Crippen LogP contribution is -2.26. The summed E-state index contributed by atoms with van der Waals surface area (Å²) < 4.78 is 65.4. The highest BCUT2D eigenvalue weighted by Gasteiger charge is 2.31. The standard InChI is InChI=1S/C17H15ClF3N5O3S/c1-25(2)30(28,29)11-4-5-13(18)12(7-11)16(27)22-8-15-24-23-14-6-3-10(9-26(14)15)17(19,20)21/h3-7,9H,8H2,1-2H3,(H,22,27). The predicted molar refractivity (Wildman–Crippen MR) is 101 cm³/mol. The highest BCUT2D eigenvalue weighted by atomic mass is 35.5. The van der Waals surface area contributed by atoms with Crippen molar-refractivity contribution < 1.29 is 26.4 Å². The van der Waals surface area contributed by atoms with Crippen LogP contribution >= 0.6 is 11.6 Å². The molecule has 0 fully saturated rings. The number of amides is 1. The van der Waals surface area contributed by atoms with Crippen LogP contribution in [0.15, 0.2) is 41.4 Å². The van der Waals surface area contributed by atoms with Crippen LogP contribution in [0.5, 0.6) is 0 Å². The van der Waals surface area contributed by atoms with Crippen molar-refractivity contribution in [2.75, 3.05) is 14.1 Å². The van der Waals surface area contributed by atoms with Crippen molar-refractivity contribution in [3.8, 4) is 0 Å². The molecule has 0 saturated heterocycles. The SMILES string of the molecule is CN(C)S(=O)(=O)c1ccc(Cl)c(C(=O)NCc2nnc3ccc(C(F)(F)F)cn23)c1. The first-order valence-electron chi connectivity index (χ1n) is 8.32. The molecule has 30 heavy (non-hydrogen) atoms. The van der Waals surface area contributed by atoms with Crippen molar-refractivity contribution in [2.24, 2.45) is 0 Å². The van der Waals surface area contributed by atoms with Gasteiger partial charge in [0.1, 0.15) is 0 Å². The van der Waals surface area contributed by atoms with Gasteiger partial charge in [0.2, 0.25) is 10.0 Å². The van der Waals surface area contributed by atoms with E-state index in [4.69, 9.17) is 11.6 Å². The molecule has 2 heterocycles. The summed E-state index contributed by atoms with van der Waals surface area (Å²) in [5.41, 5.74) is -0.833. The maximum atomic E-state index is 12.9. The molecule has 0 spiro atoms. The van der Waals surface area contributed by atoms with E-state index in [1.54, 1.807) is 0 Å². The molecule has 0 radical (unpaired) electrons. The van der Waals surface area contributed by atoms with E-state index < -0.39 is 27.7 Å². The Morgan fingerprint density at radius 3 is 2.53 bits per heavy atom. The molecule has 0 aliphatic heterocycles. The quantitative estimate of drug-likeness (QED) is 0.630. The summed E-state index contributed by atoms with van der Waals surface area (Å²) in [4.78, 5) is 12.4. The van der Waals surface area contributed by atoms with Gasteiger partial charge in [0.25, 0.3) is 5.91 Å². The van der Waals surface area contributed by atoms with Gasteiger partial charge in [-0.3, -0.25) is 9.20 Å². The average molecular weight is 462 g/mol. The Labute approximate surface area is 174 Å². The Bertz CT molecular complexity index is 1230. The van der Waals surface area contributed by atoms with Gasteiger partial charge in [-0.1, -0.05) is 11.6 Å². The zero-order valence-electron chi connectivity index (χ0n) is 15.6. The van der Waals surface area contributed by atoms with E-state index in [0.717, 1.165) is 33.1 Å². The number of hydrogen-bond donors (Lipinski definition) is 1. The topological polar surface area (TPSA) is 96.7 Å². The van der Waals surface area contributed by atoms with Gasteiger partial charge in [-0.25, -0.2) is 12.7 Å². The van der Waals surface area contributed by atoms with Crippen molar-refractivity contribution >= 4 is 33.2 Å². The number of aromatic nitrogens is 3. The summed E-state index contributed by atoms with van der Waals surface area (Å²) in [6.07, 6.45) is -3.72. The molecular weight excluding hydrogens is 447 g/mol. The van der Waals surface area contributed by atoms with Crippen molar-refractivity contribution in [1.29, 1.82) is 0 Å². The number of nitrogens with one attached hydrogen (secondary N) is 1. The van der Waals surface area contributed by atoms with Gasteiger partial charge in [-0.05, 0) is 30.3 Å². The summed E-state index contributed by atoms with van der Waals surface area (Å²) in [5.74, 6) is -0.669. The summed E-state index contributed by atoms with van der Waals surface area (Å²) >= 11 is 6.02. The molecule has 0 saturated carbocycles. The first-order chi connectivity index (χ1) is 13.9. The molecule has 3 aromatic rings. The van der Waals surface area contributed by atoms with Crippen LogP contribution in [0.3, 0.4) is 0 Å². The summed E-state index contributed by atoms with van der Waals surface area (Å²) in [5, 5.41) is 10.0. The van der Waals surface area contributed by atoms with E-state index >= 15 is 0 Å². The highest BCUT2D eigenvalue weighted by molar-refractivity contribution is 7.89. The third-order valence-corrected chi connectivity index (χ3v) is 6.31. The minimum absolute atomic E-state index is 0.00988. The zero-order chi connectivity index (χ0) is 22.3. The van der Waals surface area contributed by atoms with Gasteiger partial charge in [0.05, 0.1) is 27.6 Å². The molecule has 1 N–H and O–H groups in total. The lowest BCUT2D eigenvalue weighted by atomic mass is 10.2. The number of alkyl halides is 3. The smallest absolute Gasteiger partial charge is 0.345 e. The number of carbonyl (C=O) groups excluding carboxylic acids is 1. The van der Waals surface area contributed by atoms with Crippen molar-refractivity contribution in [1.82, 2.24) is 24.2 Å². The maximum absolute atomic E-state index is 12.9. The number of fused-ring (bicyclic) bond motifs is 1. The maximum Gasteiger partial charge on any atom is 0.417 e. The zero-order valence-corrected chi connectivity index (χ0v) is 17.2. The third kappa shape index (κ3) is 4.25. The fraction of sp³-hybridized carbons (Fsp3) is 0.235. The van der Waals surface area contributed by atoms with E-state index in [-0.39, 0.29) is 33.5 Å².